The van der Waals surface area contributed by atoms with Crippen molar-refractivity contribution in [3.8, 4) is 11.3 Å². The largest absolute Gasteiger partial charge is 0.366 e. The van der Waals surface area contributed by atoms with Crippen molar-refractivity contribution >= 4 is 22.2 Å². The Morgan fingerprint density at radius 3 is 2.47 bits per heavy atom. The SMILES string of the molecule is C=C(C)/C=C(\C=C/C)c1ccc(CNc2cc(-c3ccc4ccccc4c3)ncn2)cc1. The summed E-state index contributed by atoms with van der Waals surface area (Å²) >= 11 is 0. The van der Waals surface area contributed by atoms with Crippen LogP contribution in [-0.2, 0) is 6.54 Å². The number of benzene rings is 3. The van der Waals surface area contributed by atoms with Gasteiger partial charge in [-0.15, -0.1) is 0 Å². The monoisotopic (exact) mass is 417 g/mol. The molecule has 0 fully saturated rings. The van der Waals surface area contributed by atoms with Crippen molar-refractivity contribution in [2.24, 2.45) is 0 Å². The maximum absolute atomic E-state index is 4.47. The minimum absolute atomic E-state index is 0.692. The number of hydrogen-bond donors (Lipinski definition) is 1. The highest BCUT2D eigenvalue weighted by Gasteiger charge is 2.04. The second-order valence-corrected chi connectivity index (χ2v) is 7.85. The maximum atomic E-state index is 4.47. The second kappa shape index (κ2) is 9.88. The van der Waals surface area contributed by atoms with Crippen LogP contribution in [0.1, 0.15) is 25.0 Å². The standard InChI is InChI=1S/C29H27N3/c1-4-7-25(16-21(2)3)24-12-10-22(11-13-24)19-30-29-18-28(31-20-32-29)27-15-14-23-8-5-6-9-26(23)17-27/h4-18,20H,2,19H2,1,3H3,(H,30,31,32)/b7-4-,25-16+. The predicted molar refractivity (Wildman–Crippen MR) is 136 cm³/mol. The van der Waals surface area contributed by atoms with E-state index >= 15 is 0 Å². The van der Waals surface area contributed by atoms with E-state index in [0.717, 1.165) is 28.2 Å². The summed E-state index contributed by atoms with van der Waals surface area (Å²) < 4.78 is 0. The fourth-order valence-corrected chi connectivity index (χ4v) is 3.64. The lowest BCUT2D eigenvalue weighted by atomic mass is 10.0. The topological polar surface area (TPSA) is 37.8 Å². The molecule has 4 rings (SSSR count). The van der Waals surface area contributed by atoms with E-state index in [4.69, 9.17) is 0 Å². The quantitative estimate of drug-likeness (QED) is 0.317. The van der Waals surface area contributed by atoms with Gasteiger partial charge >= 0.3 is 0 Å². The fraction of sp³-hybridized carbons (Fsp3) is 0.103. The first-order chi connectivity index (χ1) is 15.6. The van der Waals surface area contributed by atoms with E-state index in [2.05, 4.69) is 101 Å². The Morgan fingerprint density at radius 2 is 1.72 bits per heavy atom. The van der Waals surface area contributed by atoms with Gasteiger partial charge in [0.05, 0.1) is 5.69 Å². The molecule has 0 atom stereocenters. The third-order valence-electron chi connectivity index (χ3n) is 5.22. The van der Waals surface area contributed by atoms with Crippen LogP contribution < -0.4 is 5.32 Å². The molecule has 0 saturated heterocycles. The molecule has 3 heteroatoms. The average molecular weight is 418 g/mol. The number of nitrogens with zero attached hydrogens (tertiary/aromatic N) is 2. The van der Waals surface area contributed by atoms with Crippen molar-refractivity contribution in [3.05, 3.63) is 121 Å². The van der Waals surface area contributed by atoms with Gasteiger partial charge in [0.15, 0.2) is 0 Å². The van der Waals surface area contributed by atoms with Crippen molar-refractivity contribution in [1.29, 1.82) is 0 Å². The number of nitrogens with one attached hydrogen (secondary N) is 1. The lowest BCUT2D eigenvalue weighted by Gasteiger charge is -2.09. The molecular formula is C29H27N3. The summed E-state index contributed by atoms with van der Waals surface area (Å²) in [5.41, 5.74) is 6.55. The number of anilines is 1. The summed E-state index contributed by atoms with van der Waals surface area (Å²) in [4.78, 5) is 8.87. The van der Waals surface area contributed by atoms with Gasteiger partial charge in [0.1, 0.15) is 12.1 Å². The molecule has 0 aliphatic rings. The van der Waals surface area contributed by atoms with Gasteiger partial charge in [-0.25, -0.2) is 9.97 Å². The molecule has 3 nitrogen and oxygen atoms in total. The van der Waals surface area contributed by atoms with Gasteiger partial charge < -0.3 is 5.32 Å². The maximum Gasteiger partial charge on any atom is 0.130 e. The van der Waals surface area contributed by atoms with Crippen LogP contribution in [-0.4, -0.2) is 9.97 Å². The summed E-state index contributed by atoms with van der Waals surface area (Å²) in [6.45, 7) is 8.72. The van der Waals surface area contributed by atoms with E-state index in [1.54, 1.807) is 6.33 Å². The van der Waals surface area contributed by atoms with E-state index in [0.29, 0.717) is 6.54 Å². The lowest BCUT2D eigenvalue weighted by molar-refractivity contribution is 1.08. The lowest BCUT2D eigenvalue weighted by Crippen LogP contribution is -2.02. The van der Waals surface area contributed by atoms with Crippen LogP contribution >= 0.6 is 0 Å². The molecule has 0 bridgehead atoms. The predicted octanol–water partition coefficient (Wildman–Crippen LogP) is 7.44. The van der Waals surface area contributed by atoms with Crippen LogP contribution in [0.25, 0.3) is 27.6 Å². The van der Waals surface area contributed by atoms with Crippen LogP contribution in [0.4, 0.5) is 5.82 Å². The number of rotatable bonds is 7. The Hall–Kier alpha value is -3.98. The highest BCUT2D eigenvalue weighted by molar-refractivity contribution is 5.87. The molecule has 0 unspecified atom stereocenters. The third kappa shape index (κ3) is 5.19. The van der Waals surface area contributed by atoms with E-state index < -0.39 is 0 Å². The van der Waals surface area contributed by atoms with E-state index in [-0.39, 0.29) is 0 Å². The Kier molecular flexibility index (Phi) is 6.57. The highest BCUT2D eigenvalue weighted by Crippen LogP contribution is 2.24. The molecule has 158 valence electrons. The number of allylic oxidation sites excluding steroid dienone is 5. The first-order valence-electron chi connectivity index (χ1n) is 10.8. The van der Waals surface area contributed by atoms with Gasteiger partial charge in [-0.3, -0.25) is 0 Å². The first kappa shape index (κ1) is 21.3. The van der Waals surface area contributed by atoms with Gasteiger partial charge in [-0.1, -0.05) is 91.0 Å². The van der Waals surface area contributed by atoms with Crippen molar-refractivity contribution in [3.63, 3.8) is 0 Å². The minimum Gasteiger partial charge on any atom is -0.366 e. The molecular weight excluding hydrogens is 390 g/mol. The Morgan fingerprint density at radius 1 is 0.938 bits per heavy atom. The molecule has 3 aromatic carbocycles. The Labute approximate surface area is 189 Å². The fourth-order valence-electron chi connectivity index (χ4n) is 3.64. The first-order valence-corrected chi connectivity index (χ1v) is 10.8. The van der Waals surface area contributed by atoms with Gasteiger partial charge in [0, 0.05) is 18.2 Å². The molecule has 0 aliphatic heterocycles. The molecule has 1 N–H and O–H groups in total. The number of fused-ring (bicyclic) bond motifs is 1. The van der Waals surface area contributed by atoms with Crippen LogP contribution in [0.5, 0.6) is 0 Å². The van der Waals surface area contributed by atoms with Crippen molar-refractivity contribution in [2.75, 3.05) is 5.32 Å². The van der Waals surface area contributed by atoms with Gasteiger partial charge in [-0.2, -0.15) is 0 Å². The third-order valence-corrected chi connectivity index (χ3v) is 5.22. The smallest absolute Gasteiger partial charge is 0.130 e. The summed E-state index contributed by atoms with van der Waals surface area (Å²) in [7, 11) is 0. The number of aromatic nitrogens is 2. The van der Waals surface area contributed by atoms with E-state index in [1.165, 1.54) is 21.9 Å². The summed E-state index contributed by atoms with van der Waals surface area (Å²) in [5.74, 6) is 0.809. The molecule has 0 aliphatic carbocycles. The molecule has 0 saturated carbocycles. The van der Waals surface area contributed by atoms with Crippen LogP contribution in [0.2, 0.25) is 0 Å². The van der Waals surface area contributed by atoms with Gasteiger partial charge in [0.2, 0.25) is 0 Å². The molecule has 32 heavy (non-hydrogen) atoms. The van der Waals surface area contributed by atoms with Gasteiger partial charge in [-0.05, 0) is 47.4 Å². The summed E-state index contributed by atoms with van der Waals surface area (Å²) in [5, 5.41) is 5.85. The molecule has 0 radical (unpaired) electrons. The highest BCUT2D eigenvalue weighted by atomic mass is 15.0. The van der Waals surface area contributed by atoms with Crippen molar-refractivity contribution < 1.29 is 0 Å². The molecule has 4 aromatic rings. The molecule has 0 amide bonds. The van der Waals surface area contributed by atoms with Gasteiger partial charge in [0.25, 0.3) is 0 Å². The van der Waals surface area contributed by atoms with E-state index in [9.17, 15) is 0 Å². The zero-order valence-corrected chi connectivity index (χ0v) is 18.5. The van der Waals surface area contributed by atoms with E-state index in [1.807, 2.05) is 26.0 Å². The normalized spacial score (nSPS) is 11.8. The Balaban J connectivity index is 1.48. The second-order valence-electron chi connectivity index (χ2n) is 7.85. The molecule has 1 heterocycles. The Bertz CT molecular complexity index is 1300. The molecule has 1 aromatic heterocycles. The zero-order chi connectivity index (χ0) is 22.3. The van der Waals surface area contributed by atoms with Crippen LogP contribution in [0, 0.1) is 0 Å². The minimum atomic E-state index is 0.692. The summed E-state index contributed by atoms with van der Waals surface area (Å²) in [6, 6.07) is 25.3. The van der Waals surface area contributed by atoms with Crippen molar-refractivity contribution in [2.45, 2.75) is 20.4 Å². The average Bonchev–Trinajstić information content (AvgIpc) is 2.82. The number of hydrogen-bond acceptors (Lipinski definition) is 3. The van der Waals surface area contributed by atoms with Crippen LogP contribution in [0.3, 0.4) is 0 Å². The van der Waals surface area contributed by atoms with Crippen molar-refractivity contribution in [1.82, 2.24) is 9.97 Å². The zero-order valence-electron chi connectivity index (χ0n) is 18.5. The summed E-state index contributed by atoms with van der Waals surface area (Å²) in [6.07, 6.45) is 7.87. The molecule has 0 spiro atoms. The van der Waals surface area contributed by atoms with Crippen LogP contribution in [0.15, 0.2) is 110 Å².